The first-order valence-corrected chi connectivity index (χ1v) is 9.17. The normalized spacial score (nSPS) is 10.8. The molecule has 2 rings (SSSR count). The smallest absolute Gasteiger partial charge is 0.191 e. The molecule has 0 saturated carbocycles. The third kappa shape index (κ3) is 7.10. The molecule has 0 aliphatic carbocycles. The molecule has 6 nitrogen and oxygen atoms in total. The van der Waals surface area contributed by atoms with Crippen LogP contribution in [0.4, 0.5) is 0 Å². The Morgan fingerprint density at radius 3 is 2.54 bits per heavy atom. The van der Waals surface area contributed by atoms with E-state index in [-0.39, 0.29) is 29.7 Å². The summed E-state index contributed by atoms with van der Waals surface area (Å²) in [4.78, 5) is 4.57. The molecule has 0 heterocycles. The number of aryl methyl sites for hydroxylation is 1. The molecule has 0 aliphatic heterocycles. The summed E-state index contributed by atoms with van der Waals surface area (Å²) in [6, 6.07) is 11.3. The Morgan fingerprint density at radius 1 is 1.07 bits per heavy atom. The fourth-order valence-corrected chi connectivity index (χ4v) is 2.60. The molecule has 7 heteroatoms. The highest BCUT2D eigenvalue weighted by molar-refractivity contribution is 14.0. The third-order valence-electron chi connectivity index (χ3n) is 4.01. The average molecular weight is 499 g/mol. The van der Waals surface area contributed by atoms with Gasteiger partial charge in [-0.05, 0) is 50.6 Å². The van der Waals surface area contributed by atoms with Crippen molar-refractivity contribution < 1.29 is 14.6 Å². The SMILES string of the molecule is CCNC(=NCc1cc(OC)ccc1O)NCc1ccc(C)cc1OCC.I. The summed E-state index contributed by atoms with van der Waals surface area (Å²) < 4.78 is 10.9. The Kier molecular flexibility index (Phi) is 10.5. The summed E-state index contributed by atoms with van der Waals surface area (Å²) in [5.74, 6) is 2.44. The Bertz CT molecular complexity index is 781. The molecule has 0 amide bonds. The van der Waals surface area contributed by atoms with E-state index in [1.54, 1.807) is 25.3 Å². The highest BCUT2D eigenvalue weighted by Gasteiger charge is 2.07. The molecule has 154 valence electrons. The molecule has 28 heavy (non-hydrogen) atoms. The molecule has 0 radical (unpaired) electrons. The van der Waals surface area contributed by atoms with Gasteiger partial charge in [-0.1, -0.05) is 12.1 Å². The second-order valence-corrected chi connectivity index (χ2v) is 6.09. The summed E-state index contributed by atoms with van der Waals surface area (Å²) in [6.07, 6.45) is 0. The van der Waals surface area contributed by atoms with Gasteiger partial charge in [0.1, 0.15) is 17.2 Å². The van der Waals surface area contributed by atoms with Gasteiger partial charge < -0.3 is 25.2 Å². The van der Waals surface area contributed by atoms with Crippen LogP contribution < -0.4 is 20.1 Å². The van der Waals surface area contributed by atoms with Gasteiger partial charge in [0.2, 0.25) is 0 Å². The Hall–Kier alpha value is -2.16. The first kappa shape index (κ1) is 23.9. The predicted octanol–water partition coefficient (Wildman–Crippen LogP) is 3.98. The molecule has 0 saturated heterocycles. The molecule has 0 atom stereocenters. The lowest BCUT2D eigenvalue weighted by molar-refractivity contribution is 0.336. The van der Waals surface area contributed by atoms with Gasteiger partial charge in [-0.15, -0.1) is 24.0 Å². The molecule has 0 aliphatic rings. The summed E-state index contributed by atoms with van der Waals surface area (Å²) >= 11 is 0. The molecule has 0 bridgehead atoms. The summed E-state index contributed by atoms with van der Waals surface area (Å²) in [5, 5.41) is 16.6. The van der Waals surface area contributed by atoms with E-state index in [2.05, 4.69) is 27.8 Å². The number of benzene rings is 2. The molecule has 0 unspecified atom stereocenters. The van der Waals surface area contributed by atoms with Crippen molar-refractivity contribution in [3.63, 3.8) is 0 Å². The second kappa shape index (κ2) is 12.3. The van der Waals surface area contributed by atoms with Crippen LogP contribution in [0.5, 0.6) is 17.2 Å². The molecule has 2 aromatic rings. The fourth-order valence-electron chi connectivity index (χ4n) is 2.60. The molecule has 2 aromatic carbocycles. The van der Waals surface area contributed by atoms with E-state index in [9.17, 15) is 5.11 Å². The minimum absolute atomic E-state index is 0. The van der Waals surface area contributed by atoms with Crippen molar-refractivity contribution in [2.75, 3.05) is 20.3 Å². The van der Waals surface area contributed by atoms with Gasteiger partial charge in [0.15, 0.2) is 5.96 Å². The number of nitrogens with zero attached hydrogens (tertiary/aromatic N) is 1. The lowest BCUT2D eigenvalue weighted by atomic mass is 10.1. The topological polar surface area (TPSA) is 75.1 Å². The van der Waals surface area contributed by atoms with Crippen LogP contribution in [-0.2, 0) is 13.1 Å². The minimum atomic E-state index is 0. The van der Waals surface area contributed by atoms with Crippen LogP contribution in [0.3, 0.4) is 0 Å². The van der Waals surface area contributed by atoms with E-state index in [0.717, 1.165) is 23.4 Å². The number of phenols is 1. The monoisotopic (exact) mass is 499 g/mol. The van der Waals surface area contributed by atoms with Gasteiger partial charge in [0.25, 0.3) is 0 Å². The van der Waals surface area contributed by atoms with Crippen LogP contribution in [0.25, 0.3) is 0 Å². The van der Waals surface area contributed by atoms with Crippen LogP contribution in [0.15, 0.2) is 41.4 Å². The third-order valence-corrected chi connectivity index (χ3v) is 4.01. The van der Waals surface area contributed by atoms with Crippen molar-refractivity contribution >= 4 is 29.9 Å². The predicted molar refractivity (Wildman–Crippen MR) is 124 cm³/mol. The lowest BCUT2D eigenvalue weighted by Crippen LogP contribution is -2.36. The zero-order chi connectivity index (χ0) is 19.6. The number of methoxy groups -OCH3 is 1. The van der Waals surface area contributed by atoms with E-state index >= 15 is 0 Å². The van der Waals surface area contributed by atoms with Crippen molar-refractivity contribution in [2.45, 2.75) is 33.9 Å². The largest absolute Gasteiger partial charge is 0.508 e. The number of guanidine groups is 1. The molecular formula is C21H30IN3O3. The maximum absolute atomic E-state index is 10.0. The summed E-state index contributed by atoms with van der Waals surface area (Å²) in [7, 11) is 1.60. The second-order valence-electron chi connectivity index (χ2n) is 6.09. The van der Waals surface area contributed by atoms with Gasteiger partial charge in [0.05, 0.1) is 20.3 Å². The van der Waals surface area contributed by atoms with Crippen molar-refractivity contribution in [2.24, 2.45) is 4.99 Å². The summed E-state index contributed by atoms with van der Waals surface area (Å²) in [6.45, 7) is 8.33. The number of hydrogen-bond donors (Lipinski definition) is 3. The van der Waals surface area contributed by atoms with Gasteiger partial charge in [-0.2, -0.15) is 0 Å². The number of nitrogens with one attached hydrogen (secondary N) is 2. The van der Waals surface area contributed by atoms with Gasteiger partial charge >= 0.3 is 0 Å². The Labute approximate surface area is 184 Å². The number of hydrogen-bond acceptors (Lipinski definition) is 4. The minimum Gasteiger partial charge on any atom is -0.508 e. The van der Waals surface area contributed by atoms with Crippen molar-refractivity contribution in [1.29, 1.82) is 0 Å². The van der Waals surface area contributed by atoms with Crippen LogP contribution >= 0.6 is 24.0 Å². The zero-order valence-electron chi connectivity index (χ0n) is 16.9. The molecular weight excluding hydrogens is 469 g/mol. The van der Waals surface area contributed by atoms with Crippen LogP contribution in [0, 0.1) is 6.92 Å². The lowest BCUT2D eigenvalue weighted by Gasteiger charge is -2.15. The standard InChI is InChI=1S/C21H29N3O3.HI/c1-5-22-21(24-14-17-12-18(26-4)9-10-19(17)25)23-13-16-8-7-15(3)11-20(16)27-6-2;/h7-12,25H,5-6,13-14H2,1-4H3,(H2,22,23,24);1H. The Morgan fingerprint density at radius 2 is 1.86 bits per heavy atom. The molecule has 0 fully saturated rings. The molecule has 0 spiro atoms. The highest BCUT2D eigenvalue weighted by Crippen LogP contribution is 2.23. The number of halogens is 1. The number of rotatable bonds is 8. The number of aliphatic imine (C=N–C) groups is 1. The van der Waals surface area contributed by atoms with Crippen LogP contribution in [-0.4, -0.2) is 31.3 Å². The first-order valence-electron chi connectivity index (χ1n) is 9.17. The zero-order valence-corrected chi connectivity index (χ0v) is 19.2. The maximum atomic E-state index is 10.0. The van der Waals surface area contributed by atoms with Crippen LogP contribution in [0.2, 0.25) is 0 Å². The quantitative estimate of drug-likeness (QED) is 0.291. The highest BCUT2D eigenvalue weighted by atomic mass is 127. The molecule has 3 N–H and O–H groups in total. The van der Waals surface area contributed by atoms with Gasteiger partial charge in [-0.3, -0.25) is 0 Å². The maximum Gasteiger partial charge on any atom is 0.191 e. The fraction of sp³-hybridized carbons (Fsp3) is 0.381. The van der Waals surface area contributed by atoms with E-state index < -0.39 is 0 Å². The van der Waals surface area contributed by atoms with E-state index in [1.165, 1.54) is 0 Å². The van der Waals surface area contributed by atoms with E-state index in [0.29, 0.717) is 37.0 Å². The summed E-state index contributed by atoms with van der Waals surface area (Å²) in [5.41, 5.74) is 2.94. The van der Waals surface area contributed by atoms with Crippen molar-refractivity contribution in [3.05, 3.63) is 53.1 Å². The van der Waals surface area contributed by atoms with Crippen LogP contribution in [0.1, 0.15) is 30.5 Å². The van der Waals surface area contributed by atoms with Crippen molar-refractivity contribution in [3.8, 4) is 17.2 Å². The van der Waals surface area contributed by atoms with E-state index in [4.69, 9.17) is 9.47 Å². The van der Waals surface area contributed by atoms with Gasteiger partial charge in [0, 0.05) is 24.2 Å². The number of ether oxygens (including phenoxy) is 2. The number of aromatic hydroxyl groups is 1. The van der Waals surface area contributed by atoms with E-state index in [1.807, 2.05) is 26.8 Å². The first-order chi connectivity index (χ1) is 13.1. The van der Waals surface area contributed by atoms with Crippen molar-refractivity contribution in [1.82, 2.24) is 10.6 Å². The average Bonchev–Trinajstić information content (AvgIpc) is 2.66. The molecule has 0 aromatic heterocycles. The Balaban J connectivity index is 0.00000392. The number of phenolic OH excluding ortho intramolecular Hbond substituents is 1. The van der Waals surface area contributed by atoms with Gasteiger partial charge in [-0.25, -0.2) is 4.99 Å².